The molecule has 9 nitrogen and oxygen atoms in total. The van der Waals surface area contributed by atoms with Crippen LogP contribution in [-0.2, 0) is 18.3 Å². The number of carbonyl (C=O) groups is 1. The summed E-state index contributed by atoms with van der Waals surface area (Å²) in [6, 6.07) is 9.43. The lowest BCUT2D eigenvalue weighted by molar-refractivity contribution is -0.158. The van der Waals surface area contributed by atoms with Crippen molar-refractivity contribution in [2.75, 3.05) is 5.32 Å². The Morgan fingerprint density at radius 1 is 1.21 bits per heavy atom. The van der Waals surface area contributed by atoms with Crippen LogP contribution in [0.15, 0.2) is 36.5 Å². The summed E-state index contributed by atoms with van der Waals surface area (Å²) in [6.45, 7) is 2.16. The quantitative estimate of drug-likeness (QED) is 0.489. The van der Waals surface area contributed by atoms with Crippen LogP contribution >= 0.6 is 0 Å². The molecule has 4 rings (SSSR count). The minimum atomic E-state index is -1.17. The number of nitrogens with zero attached hydrogens (tertiary/aromatic N) is 5. The highest BCUT2D eigenvalue weighted by Crippen LogP contribution is 2.34. The lowest BCUT2D eigenvalue weighted by atomic mass is 9.84. The molecular weight excluding hydrogens is 420 g/mol. The van der Waals surface area contributed by atoms with Gasteiger partial charge in [-0.3, -0.25) is 4.98 Å². The number of ether oxygens (including phenoxy) is 1. The minimum absolute atomic E-state index is 0.437. The van der Waals surface area contributed by atoms with Crippen molar-refractivity contribution in [3.8, 4) is 17.1 Å². The number of aliphatic carboxylic acids is 1. The highest BCUT2D eigenvalue weighted by atomic mass is 16.5. The Kier molecular flexibility index (Phi) is 6.86. The topological polar surface area (TPSA) is 115 Å². The molecule has 3 heterocycles. The summed E-state index contributed by atoms with van der Waals surface area (Å²) in [4.78, 5) is 21.1. The van der Waals surface area contributed by atoms with Crippen LogP contribution in [0.4, 0.5) is 11.6 Å². The zero-order chi connectivity index (χ0) is 23.3. The highest BCUT2D eigenvalue weighted by Gasteiger charge is 2.42. The van der Waals surface area contributed by atoms with E-state index in [0.717, 1.165) is 50.0 Å². The van der Waals surface area contributed by atoms with E-state index in [1.807, 2.05) is 18.2 Å². The van der Waals surface area contributed by atoms with Crippen molar-refractivity contribution in [2.45, 2.75) is 63.9 Å². The first-order valence-electron chi connectivity index (χ1n) is 11.5. The number of carboxylic acid groups (broad SMARTS) is 1. The number of pyridine rings is 2. The Morgan fingerprint density at radius 3 is 2.73 bits per heavy atom. The van der Waals surface area contributed by atoms with Gasteiger partial charge in [-0.1, -0.05) is 31.0 Å². The number of nitrogens with one attached hydrogen (secondary N) is 1. The fourth-order valence-electron chi connectivity index (χ4n) is 4.13. The molecule has 2 N–H and O–H groups in total. The van der Waals surface area contributed by atoms with Gasteiger partial charge >= 0.3 is 5.97 Å². The van der Waals surface area contributed by atoms with E-state index >= 15 is 0 Å². The fourth-order valence-corrected chi connectivity index (χ4v) is 4.13. The number of hydrogen-bond acceptors (Lipinski definition) is 7. The third-order valence-corrected chi connectivity index (χ3v) is 6.01. The second-order valence-electron chi connectivity index (χ2n) is 8.49. The Morgan fingerprint density at radius 2 is 2.03 bits per heavy atom. The highest BCUT2D eigenvalue weighted by molar-refractivity contribution is 5.78. The van der Waals surface area contributed by atoms with Crippen LogP contribution < -0.4 is 10.1 Å². The molecule has 33 heavy (non-hydrogen) atoms. The molecule has 0 aliphatic heterocycles. The predicted octanol–water partition coefficient (Wildman–Crippen LogP) is 4.52. The summed E-state index contributed by atoms with van der Waals surface area (Å²) in [5.74, 6) is 0.911. The number of anilines is 2. The summed E-state index contributed by atoms with van der Waals surface area (Å²) in [5.41, 5.74) is 1.05. The van der Waals surface area contributed by atoms with Gasteiger partial charge < -0.3 is 15.2 Å². The van der Waals surface area contributed by atoms with E-state index in [2.05, 4.69) is 32.5 Å². The smallest absolute Gasteiger partial charge is 0.348 e. The van der Waals surface area contributed by atoms with Crippen LogP contribution in [0, 0.1) is 0 Å². The van der Waals surface area contributed by atoms with Gasteiger partial charge in [-0.05, 0) is 62.8 Å². The summed E-state index contributed by atoms with van der Waals surface area (Å²) in [6.07, 6.45) is 8.44. The average molecular weight is 451 g/mol. The molecule has 0 radical (unpaired) electrons. The number of hydrogen-bond donors (Lipinski definition) is 2. The molecule has 1 saturated carbocycles. The molecule has 3 aromatic rings. The van der Waals surface area contributed by atoms with Gasteiger partial charge in [0.2, 0.25) is 5.60 Å². The first-order valence-corrected chi connectivity index (χ1v) is 11.5. The minimum Gasteiger partial charge on any atom is -0.478 e. The first kappa shape index (κ1) is 22.7. The second-order valence-corrected chi connectivity index (χ2v) is 8.49. The van der Waals surface area contributed by atoms with E-state index in [4.69, 9.17) is 4.74 Å². The third-order valence-electron chi connectivity index (χ3n) is 6.01. The Labute approximate surface area is 193 Å². The van der Waals surface area contributed by atoms with Crippen molar-refractivity contribution in [3.05, 3.63) is 42.2 Å². The van der Waals surface area contributed by atoms with E-state index in [0.29, 0.717) is 35.8 Å². The Balaban J connectivity index is 1.53. The van der Waals surface area contributed by atoms with Gasteiger partial charge in [-0.2, -0.15) is 0 Å². The summed E-state index contributed by atoms with van der Waals surface area (Å²) in [7, 11) is 1.80. The molecule has 0 amide bonds. The zero-order valence-corrected chi connectivity index (χ0v) is 19.1. The normalized spacial score (nSPS) is 15.2. The van der Waals surface area contributed by atoms with Crippen molar-refractivity contribution < 1.29 is 14.6 Å². The molecule has 1 fully saturated rings. The molecule has 3 aromatic heterocycles. The van der Waals surface area contributed by atoms with Crippen LogP contribution in [0.25, 0.3) is 11.4 Å². The van der Waals surface area contributed by atoms with Crippen LogP contribution in [0.2, 0.25) is 0 Å². The van der Waals surface area contributed by atoms with Crippen molar-refractivity contribution in [3.63, 3.8) is 0 Å². The van der Waals surface area contributed by atoms with Crippen LogP contribution in [0.3, 0.4) is 0 Å². The molecule has 1 aliphatic carbocycles. The third kappa shape index (κ3) is 5.13. The lowest BCUT2D eigenvalue weighted by Crippen LogP contribution is -2.46. The standard InChI is InChI=1S/C24H30N6O3/c1-3-4-9-17-10-8-11-20(26-17)27-22-21(28-29-30(22)2)19-13-12-18(16-25-19)33-24(23(31)32)14-6-5-7-15-24/h8,10-13,16H,3-7,9,14-15H2,1-2H3,(H,26,27)(H,31,32). The molecule has 9 heteroatoms. The van der Waals surface area contributed by atoms with Gasteiger partial charge in [0.25, 0.3) is 0 Å². The second kappa shape index (κ2) is 9.97. The average Bonchev–Trinajstić information content (AvgIpc) is 3.19. The van der Waals surface area contributed by atoms with Gasteiger partial charge in [0.1, 0.15) is 11.6 Å². The molecule has 0 bridgehead atoms. The maximum Gasteiger partial charge on any atom is 0.348 e. The molecule has 0 unspecified atom stereocenters. The van der Waals surface area contributed by atoms with Gasteiger partial charge in [-0.25, -0.2) is 14.5 Å². The monoisotopic (exact) mass is 450 g/mol. The molecule has 0 aromatic carbocycles. The summed E-state index contributed by atoms with van der Waals surface area (Å²) < 4.78 is 7.58. The van der Waals surface area contributed by atoms with E-state index < -0.39 is 11.6 Å². The molecular formula is C24H30N6O3. The SMILES string of the molecule is CCCCc1cccc(Nc2c(-c3ccc(OC4(C(=O)O)CCCCC4)cn3)nnn2C)n1. The Hall–Kier alpha value is -3.49. The van der Waals surface area contributed by atoms with E-state index in [1.165, 1.54) is 0 Å². The molecule has 1 aliphatic rings. The van der Waals surface area contributed by atoms with Crippen molar-refractivity contribution >= 4 is 17.6 Å². The van der Waals surface area contributed by atoms with Crippen LogP contribution in [0.1, 0.15) is 57.6 Å². The molecule has 0 saturated heterocycles. The van der Waals surface area contributed by atoms with E-state index in [1.54, 1.807) is 30.1 Å². The fraction of sp³-hybridized carbons (Fsp3) is 0.458. The zero-order valence-electron chi connectivity index (χ0n) is 19.1. The van der Waals surface area contributed by atoms with Crippen molar-refractivity contribution in [1.82, 2.24) is 25.0 Å². The van der Waals surface area contributed by atoms with Gasteiger partial charge in [0, 0.05) is 12.7 Å². The van der Waals surface area contributed by atoms with Crippen molar-refractivity contribution in [1.29, 1.82) is 0 Å². The summed E-state index contributed by atoms with van der Waals surface area (Å²) >= 11 is 0. The molecule has 0 atom stereocenters. The Bertz CT molecular complexity index is 1090. The van der Waals surface area contributed by atoms with Gasteiger partial charge in [-0.15, -0.1) is 5.10 Å². The number of unbranched alkanes of at least 4 members (excludes halogenated alkanes) is 1. The summed E-state index contributed by atoms with van der Waals surface area (Å²) in [5, 5.41) is 21.5. The predicted molar refractivity (Wildman–Crippen MR) is 124 cm³/mol. The van der Waals surface area contributed by atoms with Crippen molar-refractivity contribution in [2.24, 2.45) is 7.05 Å². The first-order chi connectivity index (χ1) is 16.0. The van der Waals surface area contributed by atoms with Crippen LogP contribution in [-0.4, -0.2) is 41.6 Å². The molecule has 174 valence electrons. The number of aryl methyl sites for hydroxylation is 2. The van der Waals surface area contributed by atoms with E-state index in [9.17, 15) is 9.90 Å². The molecule has 0 spiro atoms. The van der Waals surface area contributed by atoms with Gasteiger partial charge in [0.15, 0.2) is 11.5 Å². The maximum absolute atomic E-state index is 11.9. The number of carboxylic acids is 1. The van der Waals surface area contributed by atoms with Crippen LogP contribution in [0.5, 0.6) is 5.75 Å². The van der Waals surface area contributed by atoms with Gasteiger partial charge in [0.05, 0.1) is 11.9 Å². The number of aromatic nitrogens is 5. The van der Waals surface area contributed by atoms with E-state index in [-0.39, 0.29) is 0 Å². The largest absolute Gasteiger partial charge is 0.478 e. The lowest BCUT2D eigenvalue weighted by Gasteiger charge is -2.33. The maximum atomic E-state index is 11.9. The number of rotatable bonds is 9.